The number of fused-ring (bicyclic) bond motifs is 2. The summed E-state index contributed by atoms with van der Waals surface area (Å²) in [6, 6.07) is 15.8. The molecule has 2 amide bonds. The number of likely N-dealkylation sites (N-methyl/N-ethyl adjacent to an activating group) is 2. The summed E-state index contributed by atoms with van der Waals surface area (Å²) in [6.45, 7) is 3.75. The van der Waals surface area contributed by atoms with Crippen LogP contribution in [0, 0.1) is 11.6 Å². The van der Waals surface area contributed by atoms with Crippen LogP contribution < -0.4 is 30.7 Å². The Balaban J connectivity index is 0.000000209. The molecule has 1 saturated carbocycles. The number of halogens is 4. The van der Waals surface area contributed by atoms with Crippen molar-refractivity contribution >= 4 is 91.2 Å². The van der Waals surface area contributed by atoms with Crippen LogP contribution in [0.2, 0.25) is 10.0 Å². The Hall–Kier alpha value is -6.54. The molecule has 16 nitrogen and oxygen atoms in total. The van der Waals surface area contributed by atoms with Gasteiger partial charge in [0.05, 0.1) is 58.4 Å². The second-order valence-electron chi connectivity index (χ2n) is 17.1. The minimum absolute atomic E-state index is 0.00298. The molecule has 0 radical (unpaired) electrons. The van der Waals surface area contributed by atoms with Crippen molar-refractivity contribution < 1.29 is 37.3 Å². The maximum absolute atomic E-state index is 13.6. The second kappa shape index (κ2) is 25.5. The summed E-state index contributed by atoms with van der Waals surface area (Å²) in [6.07, 6.45) is 14.4. The lowest BCUT2D eigenvalue weighted by Gasteiger charge is -2.18. The zero-order valence-electron chi connectivity index (χ0n) is 39.8. The molecule has 1 atom stereocenters. The third-order valence-electron chi connectivity index (χ3n) is 11.2. The fourth-order valence-corrected chi connectivity index (χ4v) is 7.91. The van der Waals surface area contributed by atoms with E-state index in [1.807, 2.05) is 32.1 Å². The van der Waals surface area contributed by atoms with Gasteiger partial charge in [0.15, 0.2) is 0 Å². The van der Waals surface area contributed by atoms with Gasteiger partial charge in [-0.25, -0.2) is 28.7 Å². The molecule has 4 N–H and O–H groups in total. The number of methoxy groups -OCH3 is 1. The highest BCUT2D eigenvalue weighted by Gasteiger charge is 2.22. The number of hydrogen-bond donors (Lipinski definition) is 4. The van der Waals surface area contributed by atoms with Crippen molar-refractivity contribution in [2.75, 3.05) is 89.0 Å². The van der Waals surface area contributed by atoms with Gasteiger partial charge < -0.3 is 50.0 Å². The molecule has 1 saturated heterocycles. The monoisotopic (exact) mass is 1010 g/mol. The molecule has 2 fully saturated rings. The first-order valence-corrected chi connectivity index (χ1v) is 23.8. The number of nitrogens with one attached hydrogen (secondary N) is 4. The van der Waals surface area contributed by atoms with Gasteiger partial charge >= 0.3 is 0 Å². The molecule has 3 heterocycles. The lowest BCUT2D eigenvalue weighted by Crippen LogP contribution is -2.23. The average Bonchev–Trinajstić information content (AvgIpc) is 4.07. The summed E-state index contributed by atoms with van der Waals surface area (Å²) in [7, 11) is 7.46. The van der Waals surface area contributed by atoms with E-state index in [0.29, 0.717) is 101 Å². The molecule has 71 heavy (non-hydrogen) atoms. The van der Waals surface area contributed by atoms with E-state index in [4.69, 9.17) is 42.1 Å². The fraction of sp³-hybridized carbons (Fsp3) is 0.333. The standard InChI is InChI=1S/C27H31ClFN5O3.C24H25ClFN5O3/c1-34(12-13-36-2)11-5-8-26(35)33-24-15-20-23(16-25(24)37-19-6-3-4-7-19)30-17-31-27(20)32-18-9-10-22(29)21(28)14-18;1-31(2)8-3-4-23(32)30-21-11-17-20(12-22(21)34-16-7-9-33-13-16)27-14-28-24(17)29-15-5-6-19(26)18(25)10-15/h5,8-10,14-17,19H,3-4,6-7,11-13H2,1-2H3,(H,33,35)(H,30,31,32);3-6,10-12,14,16H,7-9,13H2,1-2H3,(H,30,32)(H,27,28,29)/t;16-/m.0/s1. The largest absolute Gasteiger partial charge is 0.488 e. The second-order valence-corrected chi connectivity index (χ2v) is 17.9. The summed E-state index contributed by atoms with van der Waals surface area (Å²) in [5.41, 5.74) is 3.40. The van der Waals surface area contributed by atoms with Crippen LogP contribution in [0.1, 0.15) is 32.1 Å². The number of hydrogen-bond acceptors (Lipinski definition) is 14. The Morgan fingerprint density at radius 1 is 0.718 bits per heavy atom. The molecule has 4 aromatic carbocycles. The van der Waals surface area contributed by atoms with E-state index in [0.717, 1.165) is 38.6 Å². The van der Waals surface area contributed by atoms with Crippen LogP contribution in [-0.4, -0.2) is 121 Å². The number of nitrogens with zero attached hydrogens (tertiary/aromatic N) is 6. The van der Waals surface area contributed by atoms with E-state index in [9.17, 15) is 18.4 Å². The van der Waals surface area contributed by atoms with Crippen LogP contribution in [0.3, 0.4) is 0 Å². The van der Waals surface area contributed by atoms with Crippen LogP contribution in [-0.2, 0) is 19.1 Å². The molecule has 20 heteroatoms. The van der Waals surface area contributed by atoms with E-state index in [1.165, 1.54) is 49.1 Å². The molecule has 0 bridgehead atoms. The minimum atomic E-state index is -0.509. The van der Waals surface area contributed by atoms with Gasteiger partial charge in [0.1, 0.15) is 53.5 Å². The molecule has 374 valence electrons. The average molecular weight is 1010 g/mol. The Kier molecular flexibility index (Phi) is 18.8. The summed E-state index contributed by atoms with van der Waals surface area (Å²) in [4.78, 5) is 46.8. The summed E-state index contributed by atoms with van der Waals surface area (Å²) in [5, 5.41) is 13.5. The van der Waals surface area contributed by atoms with Gasteiger partial charge in [0.25, 0.3) is 0 Å². The lowest BCUT2D eigenvalue weighted by atomic mass is 10.1. The number of anilines is 6. The predicted molar refractivity (Wildman–Crippen MR) is 275 cm³/mol. The highest BCUT2D eigenvalue weighted by Crippen LogP contribution is 2.37. The summed E-state index contributed by atoms with van der Waals surface area (Å²) < 4.78 is 50.1. The predicted octanol–water partition coefficient (Wildman–Crippen LogP) is 9.95. The van der Waals surface area contributed by atoms with Crippen LogP contribution in [0.25, 0.3) is 21.8 Å². The fourth-order valence-electron chi connectivity index (χ4n) is 7.55. The third-order valence-corrected chi connectivity index (χ3v) is 11.8. The smallest absolute Gasteiger partial charge is 0.248 e. The van der Waals surface area contributed by atoms with Crippen molar-refractivity contribution in [3.8, 4) is 11.5 Å². The van der Waals surface area contributed by atoms with Gasteiger partial charge in [-0.2, -0.15) is 0 Å². The number of rotatable bonds is 19. The highest BCUT2D eigenvalue weighted by atomic mass is 35.5. The Bertz CT molecular complexity index is 2860. The van der Waals surface area contributed by atoms with Gasteiger partial charge in [-0.15, -0.1) is 0 Å². The van der Waals surface area contributed by atoms with E-state index in [-0.39, 0.29) is 34.1 Å². The normalized spacial score (nSPS) is 14.9. The zero-order chi connectivity index (χ0) is 50.3. The first-order valence-electron chi connectivity index (χ1n) is 23.0. The van der Waals surface area contributed by atoms with Crippen molar-refractivity contribution in [1.29, 1.82) is 0 Å². The highest BCUT2D eigenvalue weighted by molar-refractivity contribution is 6.31. The lowest BCUT2D eigenvalue weighted by molar-refractivity contribution is -0.112. The number of aromatic nitrogens is 4. The van der Waals surface area contributed by atoms with Gasteiger partial charge in [-0.1, -0.05) is 35.4 Å². The molecule has 1 aliphatic heterocycles. The van der Waals surface area contributed by atoms with E-state index < -0.39 is 11.6 Å². The third kappa shape index (κ3) is 15.2. The van der Waals surface area contributed by atoms with Crippen LogP contribution in [0.4, 0.5) is 43.2 Å². The molecule has 2 aliphatic rings. The molecule has 1 aliphatic carbocycles. The van der Waals surface area contributed by atoms with Gasteiger partial charge in [0.2, 0.25) is 11.8 Å². The first kappa shape index (κ1) is 52.3. The van der Waals surface area contributed by atoms with Crippen molar-refractivity contribution in [3.05, 3.63) is 119 Å². The first-order chi connectivity index (χ1) is 34.3. The summed E-state index contributed by atoms with van der Waals surface area (Å²) >= 11 is 11.9. The SMILES string of the molecule is CN(C)CC=CC(=O)Nc1cc2c(Nc3ccc(F)c(Cl)c3)ncnc2cc1O[C@H]1CCOC1.COCCN(C)CC=CC(=O)Nc1cc2c(Nc3ccc(F)c(Cl)c3)ncnc2cc1OC1CCCC1. The van der Waals surface area contributed by atoms with Crippen LogP contribution in [0.15, 0.2) is 97.6 Å². The topological polar surface area (TPSA) is 177 Å². The van der Waals surface area contributed by atoms with Crippen molar-refractivity contribution in [2.45, 2.75) is 44.3 Å². The number of benzene rings is 4. The number of carbonyl (C=O) groups is 2. The Morgan fingerprint density at radius 3 is 1.72 bits per heavy atom. The quantitative estimate of drug-likeness (QED) is 0.0564. The number of ether oxygens (including phenoxy) is 4. The zero-order valence-corrected chi connectivity index (χ0v) is 41.3. The maximum atomic E-state index is 13.6. The molecular formula is C51H56Cl2F2N10O6. The molecule has 8 rings (SSSR count). The number of amides is 2. The van der Waals surface area contributed by atoms with Gasteiger partial charge in [-0.05, 0) is 95.4 Å². The Labute approximate surface area is 420 Å². The molecule has 6 aromatic rings. The molecule has 0 spiro atoms. The van der Waals surface area contributed by atoms with Crippen molar-refractivity contribution in [1.82, 2.24) is 29.7 Å². The van der Waals surface area contributed by atoms with Crippen LogP contribution in [0.5, 0.6) is 11.5 Å². The molecule has 0 unspecified atom stereocenters. The Morgan fingerprint density at radius 2 is 1.24 bits per heavy atom. The van der Waals surface area contributed by atoms with Gasteiger partial charge in [-0.3, -0.25) is 9.59 Å². The van der Waals surface area contributed by atoms with Crippen LogP contribution >= 0.6 is 23.2 Å². The molecular weight excluding hydrogens is 958 g/mol. The van der Waals surface area contributed by atoms with E-state index >= 15 is 0 Å². The van der Waals surface area contributed by atoms with E-state index in [2.05, 4.69) is 46.1 Å². The van der Waals surface area contributed by atoms with Crippen molar-refractivity contribution in [3.63, 3.8) is 0 Å². The molecule has 2 aromatic heterocycles. The van der Waals surface area contributed by atoms with Crippen molar-refractivity contribution in [2.24, 2.45) is 0 Å². The minimum Gasteiger partial charge on any atom is -0.488 e. The number of carbonyl (C=O) groups excluding carboxylic acids is 2. The summed E-state index contributed by atoms with van der Waals surface area (Å²) in [5.74, 6) is 0.451. The van der Waals surface area contributed by atoms with E-state index in [1.54, 1.807) is 49.6 Å². The maximum Gasteiger partial charge on any atom is 0.248 e. The van der Waals surface area contributed by atoms with Gasteiger partial charge in [0, 0.05) is 79.6 Å².